The predicted octanol–water partition coefficient (Wildman–Crippen LogP) is 2.28. The molecular formula is C24H39N5O4. The summed E-state index contributed by atoms with van der Waals surface area (Å²) >= 11 is 0. The molecule has 0 bridgehead atoms. The first-order chi connectivity index (χ1) is 16.0. The molecule has 1 aromatic heterocycles. The lowest BCUT2D eigenvalue weighted by molar-refractivity contribution is 0.276. The van der Waals surface area contributed by atoms with Crippen molar-refractivity contribution in [3.05, 3.63) is 35.0 Å². The molecule has 0 saturated carbocycles. The van der Waals surface area contributed by atoms with Crippen molar-refractivity contribution >= 4 is 11.8 Å². The standard InChI is InChI=1S/C24H39N5O4/c1-4-6-19(9-12-30)28-23-21(17(2)27-24(25)29-23)15-18-7-8-20(16-22(18)32-3)33-14-5-10-26-11-13-31/h7-8,16,19,26,30-31H,4-6,9-15H2,1-3H3,(H3,25,27,28,29). The molecular weight excluding hydrogens is 422 g/mol. The highest BCUT2D eigenvalue weighted by Crippen LogP contribution is 2.30. The number of benzene rings is 1. The molecule has 1 unspecified atom stereocenters. The van der Waals surface area contributed by atoms with E-state index in [2.05, 4.69) is 27.5 Å². The van der Waals surface area contributed by atoms with Crippen molar-refractivity contribution in [3.63, 3.8) is 0 Å². The van der Waals surface area contributed by atoms with Crippen molar-refractivity contribution in [3.8, 4) is 11.5 Å². The van der Waals surface area contributed by atoms with Gasteiger partial charge >= 0.3 is 0 Å². The number of hydrogen-bond acceptors (Lipinski definition) is 9. The molecule has 0 radical (unpaired) electrons. The van der Waals surface area contributed by atoms with E-state index >= 15 is 0 Å². The number of methoxy groups -OCH3 is 1. The summed E-state index contributed by atoms with van der Waals surface area (Å²) in [6.45, 7) is 6.24. The summed E-state index contributed by atoms with van der Waals surface area (Å²) in [6.07, 6.45) is 3.98. The molecule has 1 heterocycles. The van der Waals surface area contributed by atoms with Crippen LogP contribution < -0.4 is 25.8 Å². The maximum atomic E-state index is 9.43. The van der Waals surface area contributed by atoms with Gasteiger partial charge in [0.1, 0.15) is 17.3 Å². The van der Waals surface area contributed by atoms with E-state index in [4.69, 9.17) is 20.3 Å². The van der Waals surface area contributed by atoms with Crippen molar-refractivity contribution in [2.24, 2.45) is 0 Å². The highest BCUT2D eigenvalue weighted by atomic mass is 16.5. The number of nitrogens with one attached hydrogen (secondary N) is 2. The first-order valence-corrected chi connectivity index (χ1v) is 11.6. The summed E-state index contributed by atoms with van der Waals surface area (Å²) in [6, 6.07) is 5.93. The zero-order valence-corrected chi connectivity index (χ0v) is 20.1. The Bertz CT molecular complexity index is 844. The van der Waals surface area contributed by atoms with Crippen LogP contribution in [0.15, 0.2) is 18.2 Å². The highest BCUT2D eigenvalue weighted by molar-refractivity contribution is 5.54. The molecule has 0 amide bonds. The van der Waals surface area contributed by atoms with Gasteiger partial charge in [-0.2, -0.15) is 4.98 Å². The molecule has 184 valence electrons. The Morgan fingerprint density at radius 1 is 1.12 bits per heavy atom. The Kier molecular flexibility index (Phi) is 11.7. The van der Waals surface area contributed by atoms with Gasteiger partial charge in [-0.3, -0.25) is 0 Å². The van der Waals surface area contributed by atoms with Gasteiger partial charge in [0.15, 0.2) is 0 Å². The third-order valence-electron chi connectivity index (χ3n) is 5.37. The number of rotatable bonds is 16. The molecule has 33 heavy (non-hydrogen) atoms. The third-order valence-corrected chi connectivity index (χ3v) is 5.37. The summed E-state index contributed by atoms with van der Waals surface area (Å²) in [5, 5.41) is 24.8. The van der Waals surface area contributed by atoms with Crippen LogP contribution in [0.2, 0.25) is 0 Å². The van der Waals surface area contributed by atoms with Crippen LogP contribution in [-0.4, -0.2) is 66.2 Å². The SMILES string of the molecule is CCCC(CCO)Nc1nc(N)nc(C)c1Cc1ccc(OCCCNCCO)cc1OC. The van der Waals surface area contributed by atoms with Crippen LogP contribution in [-0.2, 0) is 6.42 Å². The minimum absolute atomic E-state index is 0.108. The van der Waals surface area contributed by atoms with Gasteiger partial charge in [-0.25, -0.2) is 4.98 Å². The lowest BCUT2D eigenvalue weighted by Gasteiger charge is -2.21. The van der Waals surface area contributed by atoms with E-state index in [1.807, 2.05) is 25.1 Å². The zero-order chi connectivity index (χ0) is 24.1. The molecule has 0 aliphatic rings. The summed E-state index contributed by atoms with van der Waals surface area (Å²) < 4.78 is 11.5. The van der Waals surface area contributed by atoms with Gasteiger partial charge in [-0.15, -0.1) is 0 Å². The second-order valence-electron chi connectivity index (χ2n) is 7.96. The van der Waals surface area contributed by atoms with Crippen LogP contribution >= 0.6 is 0 Å². The van der Waals surface area contributed by atoms with Crippen molar-refractivity contribution in [1.82, 2.24) is 15.3 Å². The summed E-state index contributed by atoms with van der Waals surface area (Å²) in [5.74, 6) is 2.40. The van der Waals surface area contributed by atoms with Crippen LogP contribution in [0.1, 0.15) is 49.4 Å². The zero-order valence-electron chi connectivity index (χ0n) is 20.1. The van der Waals surface area contributed by atoms with Gasteiger partial charge < -0.3 is 36.1 Å². The van der Waals surface area contributed by atoms with Gasteiger partial charge in [0.05, 0.1) is 20.3 Å². The molecule has 1 aromatic carbocycles. The molecule has 0 aliphatic carbocycles. The van der Waals surface area contributed by atoms with Gasteiger partial charge in [0.25, 0.3) is 0 Å². The monoisotopic (exact) mass is 461 g/mol. The average Bonchev–Trinajstić information content (AvgIpc) is 2.79. The number of aliphatic hydroxyl groups excluding tert-OH is 2. The van der Waals surface area contributed by atoms with E-state index in [0.29, 0.717) is 31.8 Å². The fraction of sp³-hybridized carbons (Fsp3) is 0.583. The second-order valence-corrected chi connectivity index (χ2v) is 7.96. The Hall–Kier alpha value is -2.62. The van der Waals surface area contributed by atoms with Gasteiger partial charge in [0, 0.05) is 42.9 Å². The van der Waals surface area contributed by atoms with E-state index in [-0.39, 0.29) is 25.2 Å². The Morgan fingerprint density at radius 2 is 1.94 bits per heavy atom. The Labute approximate surface area is 196 Å². The van der Waals surface area contributed by atoms with E-state index < -0.39 is 0 Å². The molecule has 6 N–H and O–H groups in total. The quantitative estimate of drug-likeness (QED) is 0.239. The topological polar surface area (TPSA) is 135 Å². The first-order valence-electron chi connectivity index (χ1n) is 11.6. The van der Waals surface area contributed by atoms with Crippen LogP contribution in [0.3, 0.4) is 0 Å². The molecule has 0 spiro atoms. The van der Waals surface area contributed by atoms with Gasteiger partial charge in [-0.05, 0) is 44.4 Å². The van der Waals surface area contributed by atoms with Crippen molar-refractivity contribution in [2.45, 2.75) is 52.0 Å². The van der Waals surface area contributed by atoms with Crippen LogP contribution in [0, 0.1) is 6.92 Å². The van der Waals surface area contributed by atoms with E-state index in [9.17, 15) is 5.11 Å². The van der Waals surface area contributed by atoms with Crippen LogP contribution in [0.25, 0.3) is 0 Å². The first kappa shape index (κ1) is 26.6. The molecule has 2 aromatic rings. The van der Waals surface area contributed by atoms with Crippen molar-refractivity contribution in [1.29, 1.82) is 0 Å². The maximum absolute atomic E-state index is 9.43. The fourth-order valence-electron chi connectivity index (χ4n) is 3.68. The third kappa shape index (κ3) is 8.68. The number of nitrogen functional groups attached to an aromatic ring is 1. The number of aliphatic hydroxyl groups is 2. The minimum atomic E-state index is 0.108. The van der Waals surface area contributed by atoms with Crippen LogP contribution in [0.5, 0.6) is 11.5 Å². The molecule has 1 atom stereocenters. The summed E-state index contributed by atoms with van der Waals surface area (Å²) in [5.41, 5.74) is 8.68. The molecule has 0 saturated heterocycles. The number of hydrogen-bond donors (Lipinski definition) is 5. The Morgan fingerprint density at radius 3 is 2.64 bits per heavy atom. The predicted molar refractivity (Wildman–Crippen MR) is 131 cm³/mol. The summed E-state index contributed by atoms with van der Waals surface area (Å²) in [4.78, 5) is 8.83. The number of aromatic nitrogens is 2. The minimum Gasteiger partial charge on any atom is -0.496 e. The average molecular weight is 462 g/mol. The molecule has 0 fully saturated rings. The van der Waals surface area contributed by atoms with E-state index in [1.165, 1.54) is 0 Å². The molecule has 9 nitrogen and oxygen atoms in total. The Balaban J connectivity index is 2.16. The summed E-state index contributed by atoms with van der Waals surface area (Å²) in [7, 11) is 1.64. The lowest BCUT2D eigenvalue weighted by Crippen LogP contribution is -2.23. The molecule has 2 rings (SSSR count). The normalized spacial score (nSPS) is 11.9. The maximum Gasteiger partial charge on any atom is 0.222 e. The highest BCUT2D eigenvalue weighted by Gasteiger charge is 2.17. The van der Waals surface area contributed by atoms with Gasteiger partial charge in [-0.1, -0.05) is 19.4 Å². The smallest absolute Gasteiger partial charge is 0.222 e. The van der Waals surface area contributed by atoms with E-state index in [1.54, 1.807) is 7.11 Å². The largest absolute Gasteiger partial charge is 0.496 e. The van der Waals surface area contributed by atoms with Crippen LogP contribution in [0.4, 0.5) is 11.8 Å². The van der Waals surface area contributed by atoms with Crippen molar-refractivity contribution in [2.75, 3.05) is 51.1 Å². The van der Waals surface area contributed by atoms with E-state index in [0.717, 1.165) is 54.1 Å². The van der Waals surface area contributed by atoms with Gasteiger partial charge in [0.2, 0.25) is 5.95 Å². The van der Waals surface area contributed by atoms with Crippen molar-refractivity contribution < 1.29 is 19.7 Å². The number of aryl methyl sites for hydroxylation is 1. The number of nitrogens with zero attached hydrogens (tertiary/aromatic N) is 2. The lowest BCUT2D eigenvalue weighted by atomic mass is 10.0. The molecule has 0 aliphatic heterocycles. The fourth-order valence-corrected chi connectivity index (χ4v) is 3.68. The number of anilines is 2. The number of nitrogens with two attached hydrogens (primary N) is 1. The number of ether oxygens (including phenoxy) is 2. The second kappa shape index (κ2) is 14.5. The molecule has 9 heteroatoms.